The van der Waals surface area contributed by atoms with Gasteiger partial charge < -0.3 is 19.7 Å². The molecule has 3 fully saturated rings. The summed E-state index contributed by atoms with van der Waals surface area (Å²) in [6, 6.07) is 16.6. The van der Waals surface area contributed by atoms with Gasteiger partial charge in [0.15, 0.2) is 11.5 Å². The average Bonchev–Trinajstić information content (AvgIpc) is 3.55. The van der Waals surface area contributed by atoms with Gasteiger partial charge in [-0.05, 0) is 85.2 Å². The van der Waals surface area contributed by atoms with E-state index in [2.05, 4.69) is 5.43 Å². The Balaban J connectivity index is 1.35. The van der Waals surface area contributed by atoms with Crippen LogP contribution in [0.2, 0.25) is 10.0 Å². The molecule has 0 bridgehead atoms. The number of anilines is 1. The van der Waals surface area contributed by atoms with Gasteiger partial charge in [0.1, 0.15) is 5.75 Å². The number of hydrogen-bond donors (Lipinski definition) is 3. The zero-order valence-corrected chi connectivity index (χ0v) is 32.3. The lowest BCUT2D eigenvalue weighted by atomic mass is 9.50. The number of halogens is 2. The molecule has 0 spiro atoms. The number of phenols is 1. The number of likely N-dealkylation sites (tertiary alicyclic amines) is 1. The van der Waals surface area contributed by atoms with Crippen molar-refractivity contribution in [2.24, 2.45) is 29.6 Å². The number of hydrazine groups is 1. The van der Waals surface area contributed by atoms with Gasteiger partial charge in [-0.3, -0.25) is 34.3 Å². The quantitative estimate of drug-likeness (QED) is 0.0943. The number of rotatable bonds is 13. The SMILES string of the molecule is COc1ccc([C@@]23C(=O)N(Nc4ccc(Cl)cc4Cl)C(=O)[C@@H]2C[C@@H]2C(=CC[C@@H]4C(=O)N(CCCCCC(=O)O)C(=O)[C@@H]42)[C@@H]3C=Cc2ccc(O)c(OC)c2)cc1. The van der Waals surface area contributed by atoms with E-state index in [1.807, 2.05) is 12.2 Å². The van der Waals surface area contributed by atoms with Crippen LogP contribution in [0.3, 0.4) is 0 Å². The van der Waals surface area contributed by atoms with Crippen LogP contribution in [0.4, 0.5) is 5.69 Å². The minimum atomic E-state index is -1.52. The van der Waals surface area contributed by atoms with Gasteiger partial charge in [-0.25, -0.2) is 0 Å². The van der Waals surface area contributed by atoms with Gasteiger partial charge in [-0.1, -0.05) is 71.6 Å². The van der Waals surface area contributed by atoms with E-state index in [0.717, 1.165) is 10.6 Å². The second-order valence-corrected chi connectivity index (χ2v) is 15.4. The van der Waals surface area contributed by atoms with Crippen molar-refractivity contribution >= 4 is 64.6 Å². The highest BCUT2D eigenvalue weighted by molar-refractivity contribution is 6.36. The number of allylic oxidation sites excluding steroid dienone is 3. The van der Waals surface area contributed by atoms with Crippen LogP contribution in [-0.2, 0) is 29.4 Å². The van der Waals surface area contributed by atoms with Crippen LogP contribution >= 0.6 is 23.2 Å². The van der Waals surface area contributed by atoms with Crippen LogP contribution in [0.5, 0.6) is 17.2 Å². The smallest absolute Gasteiger partial charge is 0.303 e. The Kier molecular flexibility index (Phi) is 10.9. The first-order valence-corrected chi connectivity index (χ1v) is 19.2. The third-order valence-corrected chi connectivity index (χ3v) is 12.2. The highest BCUT2D eigenvalue weighted by Crippen LogP contribution is 2.61. The van der Waals surface area contributed by atoms with Gasteiger partial charge in [0.25, 0.3) is 11.8 Å². The number of nitrogens with one attached hydrogen (secondary N) is 1. The van der Waals surface area contributed by atoms with Crippen molar-refractivity contribution in [1.82, 2.24) is 9.91 Å². The van der Waals surface area contributed by atoms with Gasteiger partial charge in [-0.15, -0.1) is 0 Å². The minimum absolute atomic E-state index is 0.00844. The number of aromatic hydroxyl groups is 1. The summed E-state index contributed by atoms with van der Waals surface area (Å²) in [5.41, 5.74) is 3.74. The van der Waals surface area contributed by atoms with Gasteiger partial charge in [0.2, 0.25) is 11.8 Å². The molecule has 1 saturated carbocycles. The van der Waals surface area contributed by atoms with Crippen LogP contribution < -0.4 is 14.9 Å². The molecule has 14 heteroatoms. The monoisotopic (exact) mass is 801 g/mol. The largest absolute Gasteiger partial charge is 0.504 e. The topological polar surface area (TPSA) is 163 Å². The third kappa shape index (κ3) is 6.68. The van der Waals surface area contributed by atoms with E-state index >= 15 is 4.79 Å². The number of fused-ring (bicyclic) bond motifs is 4. The maximum atomic E-state index is 15.3. The van der Waals surface area contributed by atoms with Crippen molar-refractivity contribution in [2.45, 2.75) is 43.9 Å². The Bertz CT molecular complexity index is 2150. The number of phenolic OH excluding ortho intramolecular Hbond substituents is 1. The number of carboxylic acids is 1. The summed E-state index contributed by atoms with van der Waals surface area (Å²) >= 11 is 12.7. The van der Waals surface area contributed by atoms with Crippen molar-refractivity contribution in [3.05, 3.63) is 99.6 Å². The normalized spacial score (nSPS) is 25.6. The number of unbranched alkanes of at least 4 members (excludes halogenated alkanes) is 2. The van der Waals surface area contributed by atoms with Crippen molar-refractivity contribution in [3.8, 4) is 17.2 Å². The number of carbonyl (C=O) groups is 5. The van der Waals surface area contributed by atoms with E-state index in [9.17, 15) is 24.3 Å². The summed E-state index contributed by atoms with van der Waals surface area (Å²) in [6.45, 7) is 0.175. The van der Waals surface area contributed by atoms with E-state index in [1.165, 1.54) is 31.3 Å². The number of aliphatic carboxylic acids is 1. The van der Waals surface area contributed by atoms with Crippen LogP contribution in [0, 0.1) is 29.6 Å². The number of hydrogen-bond acceptors (Lipinski definition) is 9. The van der Waals surface area contributed by atoms with Crippen LogP contribution in [-0.4, -0.2) is 70.5 Å². The number of benzene rings is 3. The average molecular weight is 803 g/mol. The predicted molar refractivity (Wildman–Crippen MR) is 208 cm³/mol. The number of ether oxygens (including phenoxy) is 2. The Morgan fingerprint density at radius 1 is 0.929 bits per heavy atom. The second kappa shape index (κ2) is 15.7. The molecule has 4 amide bonds. The van der Waals surface area contributed by atoms with E-state index < -0.39 is 52.8 Å². The summed E-state index contributed by atoms with van der Waals surface area (Å²) in [6.07, 6.45) is 7.47. The number of carbonyl (C=O) groups excluding carboxylic acids is 4. The van der Waals surface area contributed by atoms with Crippen LogP contribution in [0.25, 0.3) is 6.08 Å². The summed E-state index contributed by atoms with van der Waals surface area (Å²) in [4.78, 5) is 70.6. The van der Waals surface area contributed by atoms with Gasteiger partial charge in [0.05, 0.1) is 48.1 Å². The number of nitrogens with zero attached hydrogens (tertiary/aromatic N) is 2. The molecule has 2 heterocycles. The van der Waals surface area contributed by atoms with Gasteiger partial charge in [-0.2, -0.15) is 5.01 Å². The first kappa shape index (κ1) is 38.9. The zero-order valence-electron chi connectivity index (χ0n) is 30.7. The van der Waals surface area contributed by atoms with Crippen molar-refractivity contribution in [3.63, 3.8) is 0 Å². The molecule has 2 aliphatic heterocycles. The van der Waals surface area contributed by atoms with Crippen LogP contribution in [0.1, 0.15) is 49.7 Å². The molecule has 0 unspecified atom stereocenters. The fourth-order valence-electron chi connectivity index (χ4n) is 9.10. The molecule has 3 aromatic carbocycles. The highest BCUT2D eigenvalue weighted by Gasteiger charge is 2.69. The molecule has 6 atom stereocenters. The fourth-order valence-corrected chi connectivity index (χ4v) is 9.55. The highest BCUT2D eigenvalue weighted by atomic mass is 35.5. The summed E-state index contributed by atoms with van der Waals surface area (Å²) < 4.78 is 10.8. The first-order chi connectivity index (χ1) is 26.9. The Labute approximate surface area is 333 Å². The van der Waals surface area contributed by atoms with E-state index in [-0.39, 0.29) is 59.8 Å². The third-order valence-electron chi connectivity index (χ3n) is 11.7. The minimum Gasteiger partial charge on any atom is -0.504 e. The lowest BCUT2D eigenvalue weighted by Gasteiger charge is -2.49. The molecule has 7 rings (SSSR count). The summed E-state index contributed by atoms with van der Waals surface area (Å²) in [5, 5.41) is 20.9. The van der Waals surface area contributed by atoms with Crippen molar-refractivity contribution < 1.29 is 43.7 Å². The molecule has 3 aromatic rings. The lowest BCUT2D eigenvalue weighted by Crippen LogP contribution is -2.54. The molecular formula is C42H41Cl2N3O9. The number of amides is 4. The van der Waals surface area contributed by atoms with Gasteiger partial charge in [0, 0.05) is 23.9 Å². The van der Waals surface area contributed by atoms with Crippen molar-refractivity contribution in [1.29, 1.82) is 0 Å². The Morgan fingerprint density at radius 2 is 1.70 bits per heavy atom. The van der Waals surface area contributed by atoms with E-state index in [1.54, 1.807) is 54.6 Å². The number of methoxy groups -OCH3 is 2. The maximum Gasteiger partial charge on any atom is 0.303 e. The van der Waals surface area contributed by atoms with Gasteiger partial charge >= 0.3 is 5.97 Å². The number of carboxylic acid groups (broad SMARTS) is 1. The molecule has 2 saturated heterocycles. The maximum absolute atomic E-state index is 15.3. The fraction of sp³-hybridized carbons (Fsp3) is 0.357. The Hall–Kier alpha value is -5.33. The number of imide groups is 2. The first-order valence-electron chi connectivity index (χ1n) is 18.5. The lowest BCUT2D eigenvalue weighted by molar-refractivity contribution is -0.141. The second-order valence-electron chi connectivity index (χ2n) is 14.6. The molecule has 0 radical (unpaired) electrons. The molecule has 3 N–H and O–H groups in total. The molecule has 56 heavy (non-hydrogen) atoms. The zero-order chi connectivity index (χ0) is 39.9. The molecule has 12 nitrogen and oxygen atoms in total. The molecular weight excluding hydrogens is 761 g/mol. The predicted octanol–water partition coefficient (Wildman–Crippen LogP) is 6.89. The molecule has 292 valence electrons. The van der Waals surface area contributed by atoms with E-state index in [4.69, 9.17) is 37.8 Å². The Morgan fingerprint density at radius 3 is 2.39 bits per heavy atom. The van der Waals surface area contributed by atoms with E-state index in [0.29, 0.717) is 41.2 Å². The molecule has 0 aromatic heterocycles. The molecule has 4 aliphatic rings. The standard InChI is InChI=1S/C42H41Cl2N3O9/c1-55-26-12-9-24(10-13-26)42-30(16-7-23-8-18-34(48)35(20-23)56-2)27-14-15-28-37(40(53)46(38(28)51)19-5-3-4-6-36(49)50)29(27)22-31(42)39(52)47(41(42)54)45-33-17-11-25(43)21-32(33)44/h7-14,16-18,20-21,28-31,37,45,48H,3-6,15,19,22H2,1-2H3,(H,49,50)/t28-,29+,30-,31-,37-,42-/m0/s1. The summed E-state index contributed by atoms with van der Waals surface area (Å²) in [7, 11) is 2.98. The van der Waals surface area contributed by atoms with Crippen molar-refractivity contribution in [2.75, 3.05) is 26.2 Å². The molecule has 2 aliphatic carbocycles. The summed E-state index contributed by atoms with van der Waals surface area (Å²) in [5.74, 6) is -5.51. The van der Waals surface area contributed by atoms with Crippen LogP contribution in [0.15, 0.2) is 78.4 Å².